The van der Waals surface area contributed by atoms with Gasteiger partial charge in [-0.3, -0.25) is 0 Å². The number of aromatic nitrogens is 2. The molecular weight excluding hydrogens is 276 g/mol. The van der Waals surface area contributed by atoms with E-state index in [0.717, 1.165) is 22.2 Å². The number of hydrogen-bond donors (Lipinski definition) is 2. The van der Waals surface area contributed by atoms with Crippen LogP contribution in [0.1, 0.15) is 25.3 Å². The number of carbonyl (C=O) groups is 1. The van der Waals surface area contributed by atoms with E-state index in [1.165, 1.54) is 18.4 Å². The van der Waals surface area contributed by atoms with Crippen LogP contribution in [-0.4, -0.2) is 29.1 Å². The van der Waals surface area contributed by atoms with Crippen molar-refractivity contribution in [2.75, 3.05) is 18.2 Å². The molecule has 6 nitrogen and oxygen atoms in total. The number of carbonyl (C=O) groups excluding carboxylic acids is 1. The molecule has 0 spiro atoms. The Labute approximate surface area is 121 Å². The van der Waals surface area contributed by atoms with Crippen LogP contribution in [0.5, 0.6) is 0 Å². The first-order chi connectivity index (χ1) is 9.56. The quantitative estimate of drug-likeness (QED) is 0.823. The van der Waals surface area contributed by atoms with Gasteiger partial charge < -0.3 is 15.8 Å². The van der Waals surface area contributed by atoms with E-state index in [9.17, 15) is 4.79 Å². The number of thiophene rings is 1. The van der Waals surface area contributed by atoms with Crippen LogP contribution in [0.3, 0.4) is 0 Å². The van der Waals surface area contributed by atoms with Gasteiger partial charge >= 0.3 is 5.97 Å². The lowest BCUT2D eigenvalue weighted by molar-refractivity contribution is -0.141. The second kappa shape index (κ2) is 6.04. The van der Waals surface area contributed by atoms with E-state index in [2.05, 4.69) is 15.3 Å². The molecule has 7 heteroatoms. The van der Waals surface area contributed by atoms with E-state index in [4.69, 9.17) is 10.5 Å². The number of aryl methyl sites for hydroxylation is 1. The number of nitrogens with two attached hydrogens (primary N) is 1. The Balaban J connectivity index is 2.38. The van der Waals surface area contributed by atoms with Crippen molar-refractivity contribution in [3.8, 4) is 0 Å². The van der Waals surface area contributed by atoms with Crippen LogP contribution in [-0.2, 0) is 9.53 Å². The number of fused-ring (bicyclic) bond motifs is 1. The normalized spacial score (nSPS) is 12.3. The van der Waals surface area contributed by atoms with Crippen molar-refractivity contribution in [2.24, 2.45) is 0 Å². The third-order valence-electron chi connectivity index (χ3n) is 2.98. The Morgan fingerprint density at radius 2 is 2.30 bits per heavy atom. The molecule has 0 aromatic carbocycles. The lowest BCUT2D eigenvalue weighted by Crippen LogP contribution is -2.31. The Morgan fingerprint density at radius 3 is 2.95 bits per heavy atom. The Kier molecular flexibility index (Phi) is 4.39. The molecule has 0 bridgehead atoms. The highest BCUT2D eigenvalue weighted by molar-refractivity contribution is 7.18. The summed E-state index contributed by atoms with van der Waals surface area (Å²) in [6, 6.07) is -0.426. The largest absolute Gasteiger partial charge is 0.467 e. The number of methoxy groups -OCH3 is 1. The second-order valence-electron chi connectivity index (χ2n) is 4.54. The summed E-state index contributed by atoms with van der Waals surface area (Å²) < 4.78 is 5.72. The van der Waals surface area contributed by atoms with Crippen LogP contribution < -0.4 is 11.1 Å². The van der Waals surface area contributed by atoms with Crippen molar-refractivity contribution in [1.82, 2.24) is 9.97 Å². The lowest BCUT2D eigenvalue weighted by Gasteiger charge is -2.16. The maximum atomic E-state index is 11.8. The lowest BCUT2D eigenvalue weighted by atomic mass is 10.1. The predicted molar refractivity (Wildman–Crippen MR) is 80.9 cm³/mol. The number of nitrogens with one attached hydrogen (secondary N) is 1. The molecule has 1 atom stereocenters. The highest BCUT2D eigenvalue weighted by Gasteiger charge is 2.20. The first-order valence-corrected chi connectivity index (χ1v) is 7.30. The summed E-state index contributed by atoms with van der Waals surface area (Å²) in [5.41, 5.74) is 7.61. The van der Waals surface area contributed by atoms with Gasteiger partial charge in [-0.25, -0.2) is 9.78 Å². The molecule has 0 aliphatic heterocycles. The van der Waals surface area contributed by atoms with Crippen LogP contribution in [0.4, 0.5) is 11.8 Å². The number of rotatable bonds is 5. The minimum atomic E-state index is -0.426. The zero-order chi connectivity index (χ0) is 14.7. The van der Waals surface area contributed by atoms with E-state index >= 15 is 0 Å². The third-order valence-corrected chi connectivity index (χ3v) is 4.08. The Bertz CT molecular complexity index is 626. The first-order valence-electron chi connectivity index (χ1n) is 6.42. The fourth-order valence-electron chi connectivity index (χ4n) is 1.99. The molecule has 0 aliphatic carbocycles. The molecule has 2 heterocycles. The molecule has 3 N–H and O–H groups in total. The molecule has 20 heavy (non-hydrogen) atoms. The first kappa shape index (κ1) is 14.5. The van der Waals surface area contributed by atoms with Gasteiger partial charge in [0.2, 0.25) is 5.95 Å². The molecule has 2 aromatic rings. The summed E-state index contributed by atoms with van der Waals surface area (Å²) in [5.74, 6) is 0.488. The fourth-order valence-corrected chi connectivity index (χ4v) is 2.93. The topological polar surface area (TPSA) is 90.1 Å². The molecule has 0 saturated carbocycles. The third kappa shape index (κ3) is 2.82. The van der Waals surface area contributed by atoms with Crippen molar-refractivity contribution in [3.63, 3.8) is 0 Å². The van der Waals surface area contributed by atoms with Gasteiger partial charge in [0.1, 0.15) is 11.9 Å². The van der Waals surface area contributed by atoms with Gasteiger partial charge in [0.15, 0.2) is 0 Å². The van der Waals surface area contributed by atoms with Crippen LogP contribution >= 0.6 is 11.3 Å². The minimum absolute atomic E-state index is 0.196. The number of nitrogen functional groups attached to an aromatic ring is 1. The number of ether oxygens (including phenoxy) is 1. The average Bonchev–Trinajstić information content (AvgIpc) is 2.79. The van der Waals surface area contributed by atoms with Gasteiger partial charge in [-0.1, -0.05) is 13.3 Å². The van der Waals surface area contributed by atoms with E-state index in [1.54, 1.807) is 0 Å². The van der Waals surface area contributed by atoms with Crippen molar-refractivity contribution in [3.05, 3.63) is 10.9 Å². The van der Waals surface area contributed by atoms with E-state index < -0.39 is 6.04 Å². The van der Waals surface area contributed by atoms with E-state index in [0.29, 0.717) is 12.2 Å². The van der Waals surface area contributed by atoms with Crippen molar-refractivity contribution >= 4 is 39.3 Å². The molecule has 0 saturated heterocycles. The SMILES string of the molecule is CCCC(Nc1nc(N)nc2c(C)csc12)C(=O)OC. The van der Waals surface area contributed by atoms with Gasteiger partial charge in [0.25, 0.3) is 0 Å². The molecule has 0 aliphatic rings. The van der Waals surface area contributed by atoms with Crippen LogP contribution in [0, 0.1) is 6.92 Å². The smallest absolute Gasteiger partial charge is 0.328 e. The monoisotopic (exact) mass is 294 g/mol. The van der Waals surface area contributed by atoms with E-state index in [1.807, 2.05) is 19.2 Å². The molecule has 108 valence electrons. The number of hydrogen-bond acceptors (Lipinski definition) is 7. The summed E-state index contributed by atoms with van der Waals surface area (Å²) in [6.07, 6.45) is 1.53. The summed E-state index contributed by atoms with van der Waals surface area (Å²) in [6.45, 7) is 3.98. The maximum Gasteiger partial charge on any atom is 0.328 e. The summed E-state index contributed by atoms with van der Waals surface area (Å²) in [4.78, 5) is 20.2. The molecular formula is C13H18N4O2S. The summed E-state index contributed by atoms with van der Waals surface area (Å²) >= 11 is 1.53. The highest BCUT2D eigenvalue weighted by Crippen LogP contribution is 2.30. The number of esters is 1. The minimum Gasteiger partial charge on any atom is -0.467 e. The summed E-state index contributed by atoms with van der Waals surface area (Å²) in [7, 11) is 1.38. The van der Waals surface area contributed by atoms with Crippen LogP contribution in [0.15, 0.2) is 5.38 Å². The van der Waals surface area contributed by atoms with Crippen molar-refractivity contribution in [2.45, 2.75) is 32.7 Å². The predicted octanol–water partition coefficient (Wildman–Crippen LogP) is 2.34. The standard InChI is InChI=1S/C13H18N4O2S/c1-4-5-8(12(18)19-3)15-11-10-9(7(2)6-20-10)16-13(14)17-11/h6,8H,4-5H2,1-3H3,(H3,14,15,16,17). The van der Waals surface area contributed by atoms with Crippen LogP contribution in [0.2, 0.25) is 0 Å². The van der Waals surface area contributed by atoms with Crippen molar-refractivity contribution < 1.29 is 9.53 Å². The summed E-state index contributed by atoms with van der Waals surface area (Å²) in [5, 5.41) is 5.13. The zero-order valence-electron chi connectivity index (χ0n) is 11.8. The molecule has 2 aromatic heterocycles. The number of nitrogens with zero attached hydrogens (tertiary/aromatic N) is 2. The highest BCUT2D eigenvalue weighted by atomic mass is 32.1. The Morgan fingerprint density at radius 1 is 1.55 bits per heavy atom. The second-order valence-corrected chi connectivity index (χ2v) is 5.42. The van der Waals surface area contributed by atoms with Gasteiger partial charge in [0.05, 0.1) is 17.3 Å². The molecule has 2 rings (SSSR count). The Hall–Kier alpha value is -1.89. The van der Waals surface area contributed by atoms with Crippen molar-refractivity contribution in [1.29, 1.82) is 0 Å². The van der Waals surface area contributed by atoms with Crippen LogP contribution in [0.25, 0.3) is 10.2 Å². The zero-order valence-corrected chi connectivity index (χ0v) is 12.6. The molecule has 0 fully saturated rings. The van der Waals surface area contributed by atoms with Gasteiger partial charge in [-0.15, -0.1) is 11.3 Å². The molecule has 0 amide bonds. The number of anilines is 2. The molecule has 0 radical (unpaired) electrons. The van der Waals surface area contributed by atoms with Gasteiger partial charge in [-0.05, 0) is 24.3 Å². The maximum absolute atomic E-state index is 11.8. The van der Waals surface area contributed by atoms with Gasteiger partial charge in [-0.2, -0.15) is 4.98 Å². The van der Waals surface area contributed by atoms with E-state index in [-0.39, 0.29) is 11.9 Å². The average molecular weight is 294 g/mol. The van der Waals surface area contributed by atoms with Gasteiger partial charge in [0, 0.05) is 0 Å². The fraction of sp³-hybridized carbons (Fsp3) is 0.462. The molecule has 1 unspecified atom stereocenters.